The summed E-state index contributed by atoms with van der Waals surface area (Å²) in [5, 5.41) is 0. The molecule has 0 saturated carbocycles. The van der Waals surface area contributed by atoms with Crippen LogP contribution in [0.2, 0.25) is 0 Å². The molecule has 9 heteroatoms. The number of hydrogen-bond acceptors (Lipinski definition) is 6. The molecule has 1 aromatic rings. The maximum atomic E-state index is 11.8. The molecule has 0 spiro atoms. The zero-order valence-corrected chi connectivity index (χ0v) is 11.9. The number of nitrogens with one attached hydrogen (secondary N) is 1. The van der Waals surface area contributed by atoms with Crippen LogP contribution in [0.15, 0.2) is 10.6 Å². The number of esters is 1. The van der Waals surface area contributed by atoms with Gasteiger partial charge in [0.2, 0.25) is 5.89 Å². The molecule has 0 aromatic carbocycles. The smallest absolute Gasteiger partial charge is 0.306 e. The van der Waals surface area contributed by atoms with Gasteiger partial charge >= 0.3 is 5.97 Å². The fourth-order valence-electron chi connectivity index (χ4n) is 1.22. The first kappa shape index (κ1) is 15.6. The predicted octanol–water partition coefficient (Wildman–Crippen LogP) is -0.188. The van der Waals surface area contributed by atoms with E-state index >= 15 is 0 Å². The van der Waals surface area contributed by atoms with E-state index in [0.29, 0.717) is 5.76 Å². The number of ether oxygens (including phenoxy) is 1. The van der Waals surface area contributed by atoms with Crippen molar-refractivity contribution in [2.24, 2.45) is 0 Å². The molecule has 0 radical (unpaired) electrons. The molecule has 0 atom stereocenters. The highest BCUT2D eigenvalue weighted by molar-refractivity contribution is 7.87. The average Bonchev–Trinajstić information content (AvgIpc) is 2.79. The molecule has 0 bridgehead atoms. The summed E-state index contributed by atoms with van der Waals surface area (Å²) >= 11 is 0. The number of rotatable bonds is 7. The Hall–Kier alpha value is -1.45. The topological polar surface area (TPSA) is 102 Å². The van der Waals surface area contributed by atoms with E-state index in [-0.39, 0.29) is 25.4 Å². The van der Waals surface area contributed by atoms with Gasteiger partial charge < -0.3 is 9.15 Å². The lowest BCUT2D eigenvalue weighted by Crippen LogP contribution is -2.39. The van der Waals surface area contributed by atoms with Crippen molar-refractivity contribution in [1.29, 1.82) is 0 Å². The Morgan fingerprint density at radius 1 is 1.58 bits per heavy atom. The van der Waals surface area contributed by atoms with Gasteiger partial charge in [-0.25, -0.2) is 4.98 Å². The molecular weight excluding hydrogens is 274 g/mol. The second-order valence-corrected chi connectivity index (χ2v) is 5.70. The third-order valence-electron chi connectivity index (χ3n) is 2.34. The van der Waals surface area contributed by atoms with Crippen LogP contribution in [-0.4, -0.2) is 44.4 Å². The van der Waals surface area contributed by atoms with E-state index in [9.17, 15) is 13.2 Å². The normalized spacial score (nSPS) is 11.8. The van der Waals surface area contributed by atoms with Crippen molar-refractivity contribution >= 4 is 16.2 Å². The molecular formula is C10H17N3O5S. The van der Waals surface area contributed by atoms with Crippen molar-refractivity contribution in [1.82, 2.24) is 14.0 Å². The van der Waals surface area contributed by atoms with Crippen LogP contribution in [0.3, 0.4) is 0 Å². The zero-order chi connectivity index (χ0) is 14.5. The molecule has 108 valence electrons. The lowest BCUT2D eigenvalue weighted by atomic mass is 10.4. The maximum Gasteiger partial charge on any atom is 0.306 e. The van der Waals surface area contributed by atoms with Crippen LogP contribution in [-0.2, 0) is 26.3 Å². The summed E-state index contributed by atoms with van der Waals surface area (Å²) in [4.78, 5) is 14.8. The summed E-state index contributed by atoms with van der Waals surface area (Å²) < 4.78 is 36.5. The Labute approximate surface area is 111 Å². The molecule has 1 heterocycles. The van der Waals surface area contributed by atoms with Gasteiger partial charge in [0.05, 0.1) is 26.3 Å². The summed E-state index contributed by atoms with van der Waals surface area (Å²) in [6.45, 7) is 1.71. The van der Waals surface area contributed by atoms with Gasteiger partial charge in [0.15, 0.2) is 0 Å². The minimum atomic E-state index is -3.68. The number of methoxy groups -OCH3 is 1. The van der Waals surface area contributed by atoms with Crippen LogP contribution in [0.5, 0.6) is 0 Å². The third kappa shape index (κ3) is 4.97. The van der Waals surface area contributed by atoms with Crippen LogP contribution in [0.4, 0.5) is 0 Å². The standard InChI is InChI=1S/C10H17N3O5S/c1-8-6-11-9(18-8)7-12-19(15,16)13(2)5-4-10(14)17-3/h6,12H,4-5,7H2,1-3H3. The van der Waals surface area contributed by atoms with Crippen molar-refractivity contribution in [2.45, 2.75) is 19.9 Å². The zero-order valence-electron chi connectivity index (χ0n) is 11.0. The molecule has 0 amide bonds. The monoisotopic (exact) mass is 291 g/mol. The summed E-state index contributed by atoms with van der Waals surface area (Å²) in [7, 11) is -1.06. The molecule has 19 heavy (non-hydrogen) atoms. The highest BCUT2D eigenvalue weighted by Gasteiger charge is 2.19. The predicted molar refractivity (Wildman–Crippen MR) is 66.3 cm³/mol. The van der Waals surface area contributed by atoms with Crippen LogP contribution >= 0.6 is 0 Å². The number of oxazole rings is 1. The summed E-state index contributed by atoms with van der Waals surface area (Å²) in [5.74, 6) is 0.418. The van der Waals surface area contributed by atoms with E-state index in [1.165, 1.54) is 20.4 Å². The largest absolute Gasteiger partial charge is 0.469 e. The number of carbonyl (C=O) groups is 1. The Bertz CT molecular complexity index is 525. The second kappa shape index (κ2) is 6.64. The third-order valence-corrected chi connectivity index (χ3v) is 3.86. The number of aryl methyl sites for hydroxylation is 1. The number of hydrogen-bond donors (Lipinski definition) is 1. The van der Waals surface area contributed by atoms with Crippen LogP contribution < -0.4 is 4.72 Å². The minimum Gasteiger partial charge on any atom is -0.469 e. The average molecular weight is 291 g/mol. The van der Waals surface area contributed by atoms with Gasteiger partial charge in [-0.2, -0.15) is 17.4 Å². The molecule has 0 saturated heterocycles. The van der Waals surface area contributed by atoms with E-state index in [1.807, 2.05) is 0 Å². The van der Waals surface area contributed by atoms with Gasteiger partial charge in [-0.1, -0.05) is 0 Å². The van der Waals surface area contributed by atoms with Gasteiger partial charge in [0.1, 0.15) is 5.76 Å². The van der Waals surface area contributed by atoms with Crippen LogP contribution in [0.25, 0.3) is 0 Å². The molecule has 0 aliphatic rings. The highest BCUT2D eigenvalue weighted by atomic mass is 32.2. The van der Waals surface area contributed by atoms with Crippen molar-refractivity contribution in [3.63, 3.8) is 0 Å². The van der Waals surface area contributed by atoms with Crippen molar-refractivity contribution < 1.29 is 22.4 Å². The first-order chi connectivity index (χ1) is 8.85. The molecule has 0 unspecified atom stereocenters. The summed E-state index contributed by atoms with van der Waals surface area (Å²) in [5.41, 5.74) is 0. The Morgan fingerprint density at radius 2 is 2.26 bits per heavy atom. The lowest BCUT2D eigenvalue weighted by molar-refractivity contribution is -0.140. The Balaban J connectivity index is 2.48. The van der Waals surface area contributed by atoms with Gasteiger partial charge in [-0.3, -0.25) is 4.79 Å². The molecule has 1 N–H and O–H groups in total. The Morgan fingerprint density at radius 3 is 2.79 bits per heavy atom. The van der Waals surface area contributed by atoms with E-state index in [1.54, 1.807) is 6.92 Å². The first-order valence-corrected chi connectivity index (χ1v) is 6.98. The van der Waals surface area contributed by atoms with Crippen molar-refractivity contribution in [2.75, 3.05) is 20.7 Å². The summed E-state index contributed by atoms with van der Waals surface area (Å²) in [6, 6.07) is 0. The van der Waals surface area contributed by atoms with Crippen molar-refractivity contribution in [3.05, 3.63) is 17.8 Å². The SMILES string of the molecule is COC(=O)CCN(C)S(=O)(=O)NCc1ncc(C)o1. The quantitative estimate of drug-likeness (QED) is 0.699. The van der Waals surface area contributed by atoms with Crippen LogP contribution in [0.1, 0.15) is 18.1 Å². The second-order valence-electron chi connectivity index (χ2n) is 3.84. The number of carbonyl (C=O) groups excluding carboxylic acids is 1. The maximum absolute atomic E-state index is 11.8. The molecule has 0 aliphatic carbocycles. The van der Waals surface area contributed by atoms with E-state index < -0.39 is 16.2 Å². The molecule has 0 fully saturated rings. The minimum absolute atomic E-state index is 0.00792. The molecule has 0 aliphatic heterocycles. The van der Waals surface area contributed by atoms with Gasteiger partial charge in [-0.15, -0.1) is 0 Å². The lowest BCUT2D eigenvalue weighted by Gasteiger charge is -2.16. The highest BCUT2D eigenvalue weighted by Crippen LogP contribution is 2.03. The summed E-state index contributed by atoms with van der Waals surface area (Å²) in [6.07, 6.45) is 1.50. The molecule has 8 nitrogen and oxygen atoms in total. The van der Waals surface area contributed by atoms with E-state index in [0.717, 1.165) is 4.31 Å². The van der Waals surface area contributed by atoms with Crippen LogP contribution in [0, 0.1) is 6.92 Å². The number of aromatic nitrogens is 1. The molecule has 1 aromatic heterocycles. The first-order valence-electron chi connectivity index (χ1n) is 5.54. The fourth-order valence-corrected chi connectivity index (χ4v) is 2.08. The van der Waals surface area contributed by atoms with E-state index in [4.69, 9.17) is 4.42 Å². The Kier molecular flexibility index (Phi) is 5.45. The number of nitrogens with zero attached hydrogens (tertiary/aromatic N) is 2. The van der Waals surface area contributed by atoms with Gasteiger partial charge in [0, 0.05) is 13.6 Å². The fraction of sp³-hybridized carbons (Fsp3) is 0.600. The van der Waals surface area contributed by atoms with Gasteiger partial charge in [0.25, 0.3) is 10.2 Å². The van der Waals surface area contributed by atoms with Gasteiger partial charge in [-0.05, 0) is 6.92 Å². The van der Waals surface area contributed by atoms with E-state index in [2.05, 4.69) is 14.4 Å². The molecule has 1 rings (SSSR count). The van der Waals surface area contributed by atoms with Crippen molar-refractivity contribution in [3.8, 4) is 0 Å².